The number of thiazole rings is 1. The van der Waals surface area contributed by atoms with Crippen molar-refractivity contribution in [1.29, 1.82) is 0 Å². The number of ether oxygens (including phenoxy) is 1. The van der Waals surface area contributed by atoms with Crippen LogP contribution < -0.4 is 20.7 Å². The predicted octanol–water partition coefficient (Wildman–Crippen LogP) is 1.90. The lowest BCUT2D eigenvalue weighted by Gasteiger charge is -2.22. The number of aromatic nitrogens is 1. The van der Waals surface area contributed by atoms with E-state index >= 15 is 0 Å². The number of piperidine rings is 1. The molecule has 3 rings (SSSR count). The zero-order chi connectivity index (χ0) is 16.9. The maximum Gasteiger partial charge on any atom is 0.271 e. The monoisotopic (exact) mass is 346 g/mol. The van der Waals surface area contributed by atoms with E-state index in [1.54, 1.807) is 12.5 Å². The molecule has 24 heavy (non-hydrogen) atoms. The van der Waals surface area contributed by atoms with Crippen LogP contribution in [-0.4, -0.2) is 36.5 Å². The van der Waals surface area contributed by atoms with Crippen molar-refractivity contribution in [3.8, 4) is 5.75 Å². The largest absolute Gasteiger partial charge is 0.497 e. The molecule has 0 radical (unpaired) electrons. The number of hydrogen-bond donors (Lipinski definition) is 3. The number of carbonyl (C=O) groups is 2. The van der Waals surface area contributed by atoms with Crippen LogP contribution in [0.5, 0.6) is 5.75 Å². The quantitative estimate of drug-likeness (QED) is 0.769. The Labute approximate surface area is 143 Å². The summed E-state index contributed by atoms with van der Waals surface area (Å²) in [7, 11) is 1.61. The summed E-state index contributed by atoms with van der Waals surface area (Å²) in [6, 6.07) is 6.93. The first-order valence-electron chi connectivity index (χ1n) is 7.61. The molecule has 2 heterocycles. The summed E-state index contributed by atoms with van der Waals surface area (Å²) in [6.07, 6.45) is 1.51. The molecule has 1 saturated heterocycles. The molecule has 3 N–H and O–H groups in total. The van der Waals surface area contributed by atoms with E-state index in [2.05, 4.69) is 20.9 Å². The van der Waals surface area contributed by atoms with Crippen LogP contribution in [0.1, 0.15) is 23.3 Å². The van der Waals surface area contributed by atoms with E-state index < -0.39 is 6.04 Å². The lowest BCUT2D eigenvalue weighted by atomic mass is 10.1. The van der Waals surface area contributed by atoms with Crippen molar-refractivity contribution < 1.29 is 14.3 Å². The summed E-state index contributed by atoms with van der Waals surface area (Å²) >= 11 is 1.33. The van der Waals surface area contributed by atoms with Crippen molar-refractivity contribution in [1.82, 2.24) is 15.6 Å². The molecule has 0 spiro atoms. The first-order valence-corrected chi connectivity index (χ1v) is 8.49. The van der Waals surface area contributed by atoms with Crippen molar-refractivity contribution in [2.45, 2.75) is 18.9 Å². The van der Waals surface area contributed by atoms with Crippen LogP contribution in [0, 0.1) is 0 Å². The lowest BCUT2D eigenvalue weighted by Crippen LogP contribution is -2.50. The van der Waals surface area contributed by atoms with Crippen LogP contribution >= 0.6 is 11.3 Å². The van der Waals surface area contributed by atoms with Crippen LogP contribution in [0.25, 0.3) is 0 Å². The zero-order valence-corrected chi connectivity index (χ0v) is 14.0. The van der Waals surface area contributed by atoms with Crippen molar-refractivity contribution in [3.05, 3.63) is 35.3 Å². The van der Waals surface area contributed by atoms with Gasteiger partial charge in [0.2, 0.25) is 5.91 Å². The second kappa shape index (κ2) is 7.31. The van der Waals surface area contributed by atoms with Crippen LogP contribution in [0.2, 0.25) is 0 Å². The summed E-state index contributed by atoms with van der Waals surface area (Å²) in [5, 5.41) is 10.9. The van der Waals surface area contributed by atoms with E-state index in [9.17, 15) is 9.59 Å². The summed E-state index contributed by atoms with van der Waals surface area (Å²) in [5.41, 5.74) is 1.15. The molecule has 1 aromatic carbocycles. The van der Waals surface area contributed by atoms with Gasteiger partial charge in [-0.15, -0.1) is 11.3 Å². The third-order valence-electron chi connectivity index (χ3n) is 3.67. The Hall–Kier alpha value is -2.61. The molecule has 1 aromatic heterocycles. The minimum Gasteiger partial charge on any atom is -0.497 e. The van der Waals surface area contributed by atoms with Crippen LogP contribution in [0.3, 0.4) is 0 Å². The third kappa shape index (κ3) is 3.83. The second-order valence-corrected chi connectivity index (χ2v) is 6.21. The maximum atomic E-state index is 12.2. The molecular weight excluding hydrogens is 328 g/mol. The molecule has 1 unspecified atom stereocenters. The first kappa shape index (κ1) is 16.3. The van der Waals surface area contributed by atoms with Gasteiger partial charge in [0.15, 0.2) is 5.13 Å². The number of amides is 2. The van der Waals surface area contributed by atoms with E-state index in [-0.39, 0.29) is 11.8 Å². The molecule has 1 atom stereocenters. The van der Waals surface area contributed by atoms with Gasteiger partial charge in [0.25, 0.3) is 5.91 Å². The van der Waals surface area contributed by atoms with Gasteiger partial charge < -0.3 is 20.7 Å². The van der Waals surface area contributed by atoms with Crippen LogP contribution in [0.15, 0.2) is 29.6 Å². The average molecular weight is 346 g/mol. The van der Waals surface area contributed by atoms with Gasteiger partial charge in [-0.2, -0.15) is 0 Å². The van der Waals surface area contributed by atoms with E-state index in [1.807, 2.05) is 24.3 Å². The second-order valence-electron chi connectivity index (χ2n) is 5.35. The van der Waals surface area contributed by atoms with Gasteiger partial charge in [0, 0.05) is 17.6 Å². The van der Waals surface area contributed by atoms with Gasteiger partial charge in [-0.05, 0) is 37.1 Å². The van der Waals surface area contributed by atoms with Crippen LogP contribution in [-0.2, 0) is 4.79 Å². The van der Waals surface area contributed by atoms with E-state index in [0.29, 0.717) is 23.8 Å². The number of nitrogens with one attached hydrogen (secondary N) is 3. The smallest absolute Gasteiger partial charge is 0.271 e. The highest BCUT2D eigenvalue weighted by atomic mass is 32.1. The van der Waals surface area contributed by atoms with E-state index in [4.69, 9.17) is 4.74 Å². The van der Waals surface area contributed by atoms with Crippen molar-refractivity contribution in [3.63, 3.8) is 0 Å². The number of carbonyl (C=O) groups excluding carboxylic acids is 2. The minimum atomic E-state index is -0.481. The number of nitrogens with zero attached hydrogens (tertiary/aromatic N) is 1. The minimum absolute atomic E-state index is 0.138. The Morgan fingerprint density at radius 2 is 2.17 bits per heavy atom. The third-order valence-corrected chi connectivity index (χ3v) is 4.43. The molecule has 0 aliphatic carbocycles. The van der Waals surface area contributed by atoms with Crippen molar-refractivity contribution >= 4 is 34.0 Å². The SMILES string of the molecule is COc1ccc(Nc2nc(C(=O)NC3CCCNC3=O)cs2)cc1. The number of rotatable bonds is 5. The fraction of sp³-hybridized carbons (Fsp3) is 0.312. The van der Waals surface area contributed by atoms with E-state index in [0.717, 1.165) is 17.9 Å². The van der Waals surface area contributed by atoms with E-state index in [1.165, 1.54) is 11.3 Å². The Morgan fingerprint density at radius 3 is 2.88 bits per heavy atom. The highest BCUT2D eigenvalue weighted by molar-refractivity contribution is 7.14. The molecule has 1 aliphatic rings. The number of hydrogen-bond acceptors (Lipinski definition) is 6. The summed E-state index contributed by atoms with van der Waals surface area (Å²) in [5.74, 6) is 0.294. The molecule has 2 amide bonds. The average Bonchev–Trinajstić information content (AvgIpc) is 3.06. The molecule has 2 aromatic rings. The Balaban J connectivity index is 1.61. The molecule has 1 fully saturated rings. The fourth-order valence-corrected chi connectivity index (χ4v) is 3.09. The first-order chi connectivity index (χ1) is 11.7. The number of benzene rings is 1. The molecule has 0 saturated carbocycles. The van der Waals surface area contributed by atoms with Gasteiger partial charge in [0.05, 0.1) is 7.11 Å². The molecular formula is C16H18N4O3S. The zero-order valence-electron chi connectivity index (χ0n) is 13.2. The van der Waals surface area contributed by atoms with Gasteiger partial charge in [-0.25, -0.2) is 4.98 Å². The highest BCUT2D eigenvalue weighted by Gasteiger charge is 2.24. The van der Waals surface area contributed by atoms with Crippen LogP contribution in [0.4, 0.5) is 10.8 Å². The van der Waals surface area contributed by atoms with Gasteiger partial charge in [-0.3, -0.25) is 9.59 Å². The number of methoxy groups -OCH3 is 1. The maximum absolute atomic E-state index is 12.2. The summed E-state index contributed by atoms with van der Waals surface area (Å²) in [6.45, 7) is 0.665. The number of anilines is 2. The Morgan fingerprint density at radius 1 is 1.38 bits per heavy atom. The normalized spacial score (nSPS) is 17.0. The van der Waals surface area contributed by atoms with Crippen molar-refractivity contribution in [2.24, 2.45) is 0 Å². The topological polar surface area (TPSA) is 92.3 Å². The highest BCUT2D eigenvalue weighted by Crippen LogP contribution is 2.23. The standard InChI is InChI=1S/C16H18N4O3S/c1-23-11-6-4-10(5-7-11)18-16-20-13(9-24-16)15(22)19-12-3-2-8-17-14(12)21/h4-7,9,12H,2-3,8H2,1H3,(H,17,21)(H,18,20)(H,19,22). The molecule has 1 aliphatic heterocycles. The lowest BCUT2D eigenvalue weighted by molar-refractivity contribution is -0.124. The molecule has 126 valence electrons. The summed E-state index contributed by atoms with van der Waals surface area (Å²) in [4.78, 5) is 28.2. The summed E-state index contributed by atoms with van der Waals surface area (Å²) < 4.78 is 5.11. The fourth-order valence-electron chi connectivity index (χ4n) is 2.38. The molecule has 7 nitrogen and oxygen atoms in total. The van der Waals surface area contributed by atoms with Gasteiger partial charge in [0.1, 0.15) is 17.5 Å². The molecule has 0 bridgehead atoms. The van der Waals surface area contributed by atoms with Crippen molar-refractivity contribution in [2.75, 3.05) is 19.0 Å². The van der Waals surface area contributed by atoms with Gasteiger partial charge >= 0.3 is 0 Å². The molecule has 8 heteroatoms. The van der Waals surface area contributed by atoms with Gasteiger partial charge in [-0.1, -0.05) is 0 Å². The predicted molar refractivity (Wildman–Crippen MR) is 91.9 cm³/mol. The Kier molecular flexibility index (Phi) is 4.95. The Bertz CT molecular complexity index is 729.